The second-order valence-electron chi connectivity index (χ2n) is 13.2. The zero-order chi connectivity index (χ0) is 39.9. The molecule has 3 aromatic carbocycles. The molecule has 51 heavy (non-hydrogen) atoms. The Kier molecular flexibility index (Phi) is 9.31. The van der Waals surface area contributed by atoms with Crippen LogP contribution < -0.4 is 0 Å². The Bertz CT molecular complexity index is 2410. The van der Waals surface area contributed by atoms with E-state index in [9.17, 15) is 0 Å². The zero-order valence-electron chi connectivity index (χ0n) is 35.4. The number of furan rings is 1. The normalized spacial score (nSPS) is 16.3. The molecule has 1 radical (unpaired) electrons. The number of aryl methyl sites for hydroxylation is 1. The molecule has 4 aromatic heterocycles. The van der Waals surface area contributed by atoms with E-state index in [0.29, 0.717) is 46.7 Å². The van der Waals surface area contributed by atoms with Crippen LogP contribution >= 0.6 is 0 Å². The number of aromatic nitrogens is 3. The van der Waals surface area contributed by atoms with Crippen LogP contribution in [0.3, 0.4) is 0 Å². The van der Waals surface area contributed by atoms with Gasteiger partial charge in [-0.05, 0) is 83.7 Å². The van der Waals surface area contributed by atoms with Gasteiger partial charge in [-0.2, -0.15) is 0 Å². The molecule has 8 rings (SSSR count). The molecular weight excluding hydrogens is 803 g/mol. The van der Waals surface area contributed by atoms with Gasteiger partial charge in [0.15, 0.2) is 0 Å². The van der Waals surface area contributed by atoms with Crippen LogP contribution in [0.15, 0.2) is 108 Å². The standard InChI is InChI=1S/C35H37N2O.C11H8N.Ir/c1-21(2)25-13-9-14-26(22(3)4)33(25)31-18-17-28-27-15-10-16-29(34(27)38-35(28)37-31)32-19-23(5)30(20-36-32)24-11-7-6-8-12-24;1-2-6-10(7-3-1)11-8-4-5-9-12-11;/h9-10,13-15,17-22,24H,6-8,11-12H2,1-5H3;1-6,8-9H;/q2*-1;/i5D3,21D,22D,24D;;. The summed E-state index contributed by atoms with van der Waals surface area (Å²) in [5.74, 6) is -2.80. The Labute approximate surface area is 324 Å². The van der Waals surface area contributed by atoms with E-state index in [-0.39, 0.29) is 25.7 Å². The summed E-state index contributed by atoms with van der Waals surface area (Å²) >= 11 is 0. The topological polar surface area (TPSA) is 51.8 Å². The molecule has 0 saturated heterocycles. The third-order valence-electron chi connectivity index (χ3n) is 9.34. The monoisotopic (exact) mass is 854 g/mol. The molecule has 5 heteroatoms. The maximum Gasteiger partial charge on any atom is 0.216 e. The van der Waals surface area contributed by atoms with Gasteiger partial charge in [-0.15, -0.1) is 54.1 Å². The van der Waals surface area contributed by atoms with E-state index < -0.39 is 24.5 Å². The van der Waals surface area contributed by atoms with Crippen molar-refractivity contribution in [1.82, 2.24) is 15.0 Å². The first-order chi connectivity index (χ1) is 26.5. The van der Waals surface area contributed by atoms with Gasteiger partial charge in [0.25, 0.3) is 0 Å². The second-order valence-corrected chi connectivity index (χ2v) is 13.2. The van der Waals surface area contributed by atoms with Crippen LogP contribution in [0.25, 0.3) is 55.8 Å². The van der Waals surface area contributed by atoms with Crippen LogP contribution in [0.2, 0.25) is 0 Å². The summed E-state index contributed by atoms with van der Waals surface area (Å²) in [5, 5.41) is 1.58. The third-order valence-corrected chi connectivity index (χ3v) is 9.34. The average molecular weight is 854 g/mol. The number of hydrogen-bond acceptors (Lipinski definition) is 4. The van der Waals surface area contributed by atoms with Gasteiger partial charge in [-0.1, -0.05) is 99.9 Å². The first-order valence-corrected chi connectivity index (χ1v) is 17.3. The van der Waals surface area contributed by atoms with Crippen molar-refractivity contribution in [2.75, 3.05) is 0 Å². The Balaban J connectivity index is 0.000000359. The SMILES string of the molecule is [2H]C([2H])([2H])c1cc(-c2[c-]ccc3c2oc2nc(-c4c(C([2H])(C)C)cccc4C([2H])(C)C)ccc23)ncc1C1([2H])CCCCC1.[Ir].[c-]1ccccc1-c1ccccn1. The van der Waals surface area contributed by atoms with E-state index in [4.69, 9.17) is 17.6 Å². The van der Waals surface area contributed by atoms with Gasteiger partial charge in [0.1, 0.15) is 0 Å². The van der Waals surface area contributed by atoms with Crippen LogP contribution in [0.4, 0.5) is 0 Å². The maximum absolute atomic E-state index is 9.11. The van der Waals surface area contributed by atoms with Crippen molar-refractivity contribution in [2.24, 2.45) is 0 Å². The number of hydrogen-bond donors (Lipinski definition) is 0. The van der Waals surface area contributed by atoms with Gasteiger partial charge in [-0.25, -0.2) is 4.98 Å². The smallest absolute Gasteiger partial charge is 0.216 e. The van der Waals surface area contributed by atoms with Gasteiger partial charge in [0.05, 0.1) is 11.3 Å². The molecule has 0 bridgehead atoms. The van der Waals surface area contributed by atoms with E-state index in [1.54, 1.807) is 24.5 Å². The van der Waals surface area contributed by atoms with Gasteiger partial charge in [0.2, 0.25) is 5.71 Å². The summed E-state index contributed by atoms with van der Waals surface area (Å²) < 4.78 is 58.1. The number of fused-ring (bicyclic) bond motifs is 3. The minimum atomic E-state index is -2.40. The summed E-state index contributed by atoms with van der Waals surface area (Å²) in [7, 11) is 0. The predicted molar refractivity (Wildman–Crippen MR) is 206 cm³/mol. The van der Waals surface area contributed by atoms with Crippen molar-refractivity contribution in [3.05, 3.63) is 138 Å². The van der Waals surface area contributed by atoms with Crippen LogP contribution in [0.5, 0.6) is 0 Å². The van der Waals surface area contributed by atoms with E-state index >= 15 is 0 Å². The van der Waals surface area contributed by atoms with Crippen LogP contribution in [0.1, 0.15) is 108 Å². The number of pyridine rings is 3. The van der Waals surface area contributed by atoms with Crippen LogP contribution in [-0.4, -0.2) is 15.0 Å². The molecule has 1 aliphatic carbocycles. The first-order valence-electron chi connectivity index (χ1n) is 20.3. The molecule has 0 atom stereocenters. The van der Waals surface area contributed by atoms with Crippen molar-refractivity contribution < 1.29 is 32.7 Å². The maximum atomic E-state index is 9.11. The predicted octanol–water partition coefficient (Wildman–Crippen LogP) is 12.7. The molecule has 1 saturated carbocycles. The molecule has 1 fully saturated rings. The first kappa shape index (κ1) is 29.2. The summed E-state index contributed by atoms with van der Waals surface area (Å²) in [6.07, 6.45) is 7.46. The van der Waals surface area contributed by atoms with Gasteiger partial charge < -0.3 is 14.4 Å². The Morgan fingerprint density at radius 3 is 2.25 bits per heavy atom. The summed E-state index contributed by atoms with van der Waals surface area (Å²) in [4.78, 5) is 13.8. The fourth-order valence-corrected chi connectivity index (χ4v) is 6.81. The summed E-state index contributed by atoms with van der Waals surface area (Å²) in [5.41, 5.74) is 7.42. The molecule has 0 unspecified atom stereocenters. The Morgan fingerprint density at radius 1 is 0.784 bits per heavy atom. The van der Waals surface area contributed by atoms with E-state index in [1.807, 2.05) is 107 Å². The van der Waals surface area contributed by atoms with E-state index in [1.165, 1.54) is 0 Å². The molecular formula is C46H45IrN3O-2. The molecule has 0 amide bonds. The largest absolute Gasteiger partial charge is 0.486 e. The van der Waals surface area contributed by atoms with Gasteiger partial charge in [-0.3, -0.25) is 0 Å². The van der Waals surface area contributed by atoms with Gasteiger partial charge in [0, 0.05) is 51.7 Å². The van der Waals surface area contributed by atoms with Gasteiger partial charge >= 0.3 is 0 Å². The minimum Gasteiger partial charge on any atom is -0.486 e. The second kappa shape index (κ2) is 16.3. The van der Waals surface area contributed by atoms with Crippen molar-refractivity contribution >= 4 is 22.1 Å². The molecule has 0 spiro atoms. The van der Waals surface area contributed by atoms with Crippen molar-refractivity contribution in [2.45, 2.75) is 84.3 Å². The van der Waals surface area contributed by atoms with Crippen molar-refractivity contribution in [3.8, 4) is 33.8 Å². The number of nitrogens with zero attached hydrogens (tertiary/aromatic N) is 3. The minimum absolute atomic E-state index is 0. The van der Waals surface area contributed by atoms with Crippen molar-refractivity contribution in [3.63, 3.8) is 0 Å². The van der Waals surface area contributed by atoms with Crippen LogP contribution in [-0.2, 0) is 20.1 Å². The fourth-order valence-electron chi connectivity index (χ4n) is 6.81. The Morgan fingerprint density at radius 2 is 1.57 bits per heavy atom. The summed E-state index contributed by atoms with van der Waals surface area (Å²) in [6, 6.07) is 34.9. The third kappa shape index (κ3) is 7.76. The van der Waals surface area contributed by atoms with E-state index in [2.05, 4.69) is 22.1 Å². The quantitative estimate of drug-likeness (QED) is 0.156. The van der Waals surface area contributed by atoms with Crippen LogP contribution in [0, 0.1) is 19.0 Å². The molecule has 4 heterocycles. The number of rotatable bonds is 6. The average Bonchev–Trinajstić information content (AvgIpc) is 3.56. The Hall–Kier alpha value is -4.44. The molecule has 1 aliphatic rings. The molecule has 7 aromatic rings. The molecule has 0 aliphatic heterocycles. The molecule has 0 N–H and O–H groups in total. The summed E-state index contributed by atoms with van der Waals surface area (Å²) in [6.45, 7) is 4.92. The number of benzene rings is 3. The van der Waals surface area contributed by atoms with Crippen molar-refractivity contribution in [1.29, 1.82) is 0 Å². The van der Waals surface area contributed by atoms with E-state index in [0.717, 1.165) is 58.0 Å². The molecule has 4 nitrogen and oxygen atoms in total. The molecule has 261 valence electrons. The fraction of sp³-hybridized carbons (Fsp3) is 0.283. The zero-order valence-corrected chi connectivity index (χ0v) is 31.8.